The van der Waals surface area contributed by atoms with Crippen molar-refractivity contribution in [3.63, 3.8) is 0 Å². The summed E-state index contributed by atoms with van der Waals surface area (Å²) in [6.07, 6.45) is 5.17. The van der Waals surface area contributed by atoms with Gasteiger partial charge in [0.25, 0.3) is 0 Å². The second-order valence-corrected chi connectivity index (χ2v) is 4.56. The van der Waals surface area contributed by atoms with Gasteiger partial charge in [-0.05, 0) is 25.8 Å². The fourth-order valence-corrected chi connectivity index (χ4v) is 2.42. The Balaban J connectivity index is 1.67. The third kappa shape index (κ3) is 2.13. The van der Waals surface area contributed by atoms with E-state index in [-0.39, 0.29) is 0 Å². The Bertz CT molecular complexity index is 501. The van der Waals surface area contributed by atoms with Gasteiger partial charge >= 0.3 is 0 Å². The van der Waals surface area contributed by atoms with E-state index in [0.29, 0.717) is 6.04 Å². The van der Waals surface area contributed by atoms with Crippen molar-refractivity contribution >= 4 is 0 Å². The number of aromatic nitrogens is 1. The van der Waals surface area contributed by atoms with E-state index in [4.69, 9.17) is 8.94 Å². The number of hydrogen-bond acceptors (Lipinski definition) is 4. The van der Waals surface area contributed by atoms with E-state index in [0.717, 1.165) is 36.6 Å². The Kier molecular flexibility index (Phi) is 2.73. The molecule has 0 aromatic carbocycles. The van der Waals surface area contributed by atoms with Crippen LogP contribution in [0.4, 0.5) is 0 Å². The predicted molar refractivity (Wildman–Crippen MR) is 62.5 cm³/mol. The average molecular weight is 232 g/mol. The zero-order chi connectivity index (χ0) is 11.7. The van der Waals surface area contributed by atoms with Crippen LogP contribution in [0.3, 0.4) is 0 Å². The van der Waals surface area contributed by atoms with E-state index in [9.17, 15) is 0 Å². The van der Waals surface area contributed by atoms with E-state index >= 15 is 0 Å². The van der Waals surface area contributed by atoms with Gasteiger partial charge in [0.1, 0.15) is 5.76 Å². The summed E-state index contributed by atoms with van der Waals surface area (Å²) in [5.74, 6) is 2.01. The molecule has 0 saturated heterocycles. The molecule has 0 spiro atoms. The molecule has 0 fully saturated rings. The molecule has 1 N–H and O–H groups in total. The molecule has 0 radical (unpaired) electrons. The van der Waals surface area contributed by atoms with E-state index in [1.54, 1.807) is 6.26 Å². The molecule has 4 nitrogen and oxygen atoms in total. The fourth-order valence-electron chi connectivity index (χ4n) is 2.42. The van der Waals surface area contributed by atoms with Crippen molar-refractivity contribution in [1.29, 1.82) is 0 Å². The molecule has 3 rings (SSSR count). The molecule has 2 aromatic rings. The van der Waals surface area contributed by atoms with Crippen molar-refractivity contribution < 1.29 is 8.94 Å². The van der Waals surface area contributed by atoms with Crippen molar-refractivity contribution in [3.05, 3.63) is 41.2 Å². The maximum absolute atomic E-state index is 5.47. The van der Waals surface area contributed by atoms with E-state index in [1.165, 1.54) is 12.0 Å². The van der Waals surface area contributed by atoms with Crippen molar-refractivity contribution in [2.75, 3.05) is 0 Å². The number of nitrogens with zero attached hydrogens (tertiary/aromatic N) is 1. The molecule has 1 aliphatic rings. The highest BCUT2D eigenvalue weighted by Gasteiger charge is 2.22. The standard InChI is InChI=1S/C13H16N2O2/c1-9-7-10(17-15-9)8-14-12-3-2-4-13-11(12)5-6-16-13/h5-7,12,14H,2-4,8H2,1H3. The first-order chi connectivity index (χ1) is 8.33. The van der Waals surface area contributed by atoms with Gasteiger partial charge in [0.2, 0.25) is 0 Å². The van der Waals surface area contributed by atoms with Crippen LogP contribution in [0.25, 0.3) is 0 Å². The Labute approximate surface area is 100.0 Å². The van der Waals surface area contributed by atoms with Gasteiger partial charge in [-0.2, -0.15) is 0 Å². The predicted octanol–water partition coefficient (Wildman–Crippen LogP) is 2.74. The third-order valence-corrected chi connectivity index (χ3v) is 3.25. The van der Waals surface area contributed by atoms with Crippen LogP contribution >= 0.6 is 0 Å². The summed E-state index contributed by atoms with van der Waals surface area (Å²) in [5, 5.41) is 7.38. The summed E-state index contributed by atoms with van der Waals surface area (Å²) >= 11 is 0. The topological polar surface area (TPSA) is 51.2 Å². The van der Waals surface area contributed by atoms with Crippen LogP contribution in [0.2, 0.25) is 0 Å². The lowest BCUT2D eigenvalue weighted by Crippen LogP contribution is -2.23. The lowest BCUT2D eigenvalue weighted by Gasteiger charge is -2.22. The molecule has 0 saturated carbocycles. The number of hydrogen-bond donors (Lipinski definition) is 1. The summed E-state index contributed by atoms with van der Waals surface area (Å²) < 4.78 is 10.7. The number of rotatable bonds is 3. The van der Waals surface area contributed by atoms with Gasteiger partial charge in [0.05, 0.1) is 18.5 Å². The highest BCUT2D eigenvalue weighted by atomic mass is 16.5. The molecule has 17 heavy (non-hydrogen) atoms. The number of fused-ring (bicyclic) bond motifs is 1. The minimum atomic E-state index is 0.378. The monoisotopic (exact) mass is 232 g/mol. The minimum absolute atomic E-state index is 0.378. The van der Waals surface area contributed by atoms with Gasteiger partial charge in [0, 0.05) is 24.1 Å². The molecule has 2 heterocycles. The lowest BCUT2D eigenvalue weighted by molar-refractivity contribution is 0.348. The van der Waals surface area contributed by atoms with Gasteiger partial charge in [-0.15, -0.1) is 0 Å². The smallest absolute Gasteiger partial charge is 0.150 e. The maximum atomic E-state index is 5.47. The largest absolute Gasteiger partial charge is 0.469 e. The molecule has 1 unspecified atom stereocenters. The van der Waals surface area contributed by atoms with Crippen LogP contribution in [0, 0.1) is 6.92 Å². The maximum Gasteiger partial charge on any atom is 0.150 e. The summed E-state index contributed by atoms with van der Waals surface area (Å²) in [5.41, 5.74) is 2.22. The molecule has 2 aromatic heterocycles. The number of aryl methyl sites for hydroxylation is 2. The van der Waals surface area contributed by atoms with Crippen LogP contribution < -0.4 is 5.32 Å². The molecule has 1 aliphatic carbocycles. The van der Waals surface area contributed by atoms with Crippen molar-refractivity contribution in [1.82, 2.24) is 10.5 Å². The molecule has 0 aliphatic heterocycles. The van der Waals surface area contributed by atoms with Crippen molar-refractivity contribution in [2.45, 2.75) is 38.8 Å². The molecule has 4 heteroatoms. The van der Waals surface area contributed by atoms with Crippen LogP contribution in [0.15, 0.2) is 27.3 Å². The molecule has 1 atom stereocenters. The van der Waals surface area contributed by atoms with Gasteiger partial charge in [-0.25, -0.2) is 0 Å². The zero-order valence-electron chi connectivity index (χ0n) is 9.90. The first-order valence-electron chi connectivity index (χ1n) is 6.05. The van der Waals surface area contributed by atoms with E-state index in [2.05, 4.69) is 16.5 Å². The first-order valence-corrected chi connectivity index (χ1v) is 6.05. The van der Waals surface area contributed by atoms with Gasteiger partial charge < -0.3 is 14.3 Å². The molecular formula is C13H16N2O2. The van der Waals surface area contributed by atoms with Gasteiger partial charge in [0.15, 0.2) is 5.76 Å². The lowest BCUT2D eigenvalue weighted by atomic mass is 9.93. The summed E-state index contributed by atoms with van der Waals surface area (Å²) in [7, 11) is 0. The molecule has 90 valence electrons. The third-order valence-electron chi connectivity index (χ3n) is 3.25. The Morgan fingerprint density at radius 3 is 3.29 bits per heavy atom. The van der Waals surface area contributed by atoms with Crippen molar-refractivity contribution in [3.8, 4) is 0 Å². The van der Waals surface area contributed by atoms with E-state index in [1.807, 2.05) is 13.0 Å². The SMILES string of the molecule is Cc1cc(CNC2CCCc3occc32)on1. The second kappa shape index (κ2) is 4.37. The summed E-state index contributed by atoms with van der Waals surface area (Å²) in [4.78, 5) is 0. The molecular weight excluding hydrogens is 216 g/mol. The molecule has 0 bridgehead atoms. The summed E-state index contributed by atoms with van der Waals surface area (Å²) in [6.45, 7) is 2.65. The highest BCUT2D eigenvalue weighted by molar-refractivity contribution is 5.24. The van der Waals surface area contributed by atoms with Gasteiger partial charge in [-0.3, -0.25) is 0 Å². The van der Waals surface area contributed by atoms with Crippen molar-refractivity contribution in [2.24, 2.45) is 0 Å². The minimum Gasteiger partial charge on any atom is -0.469 e. The first kappa shape index (κ1) is 10.6. The average Bonchev–Trinajstić information content (AvgIpc) is 2.94. The normalized spacial score (nSPS) is 19.2. The van der Waals surface area contributed by atoms with E-state index < -0.39 is 0 Å². The zero-order valence-corrected chi connectivity index (χ0v) is 9.90. The Morgan fingerprint density at radius 2 is 2.47 bits per heavy atom. The summed E-state index contributed by atoms with van der Waals surface area (Å²) in [6, 6.07) is 4.41. The number of furan rings is 1. The fraction of sp³-hybridized carbons (Fsp3) is 0.462. The second-order valence-electron chi connectivity index (χ2n) is 4.56. The van der Waals surface area contributed by atoms with Crippen LogP contribution in [0.5, 0.6) is 0 Å². The van der Waals surface area contributed by atoms with Gasteiger partial charge in [-0.1, -0.05) is 5.16 Å². The van der Waals surface area contributed by atoms with Crippen LogP contribution in [-0.4, -0.2) is 5.16 Å². The number of nitrogens with one attached hydrogen (secondary N) is 1. The Hall–Kier alpha value is -1.55. The highest BCUT2D eigenvalue weighted by Crippen LogP contribution is 2.30. The quantitative estimate of drug-likeness (QED) is 0.884. The van der Waals surface area contributed by atoms with Crippen LogP contribution in [-0.2, 0) is 13.0 Å². The molecule has 0 amide bonds. The Morgan fingerprint density at radius 1 is 1.53 bits per heavy atom. The van der Waals surface area contributed by atoms with Crippen LogP contribution in [0.1, 0.15) is 41.7 Å².